The Morgan fingerprint density at radius 3 is 2.73 bits per heavy atom. The summed E-state index contributed by atoms with van der Waals surface area (Å²) in [4.78, 5) is 13.1. The summed E-state index contributed by atoms with van der Waals surface area (Å²) in [5.74, 6) is -0.00743. The summed E-state index contributed by atoms with van der Waals surface area (Å²) in [6.45, 7) is 2.30. The first kappa shape index (κ1) is 11.4. The Morgan fingerprint density at radius 1 is 1.53 bits per heavy atom. The third kappa shape index (κ3) is 2.87. The van der Waals surface area contributed by atoms with E-state index < -0.39 is 0 Å². The SMILES string of the molecule is CNC(=O)CN(C)c1ccc(N)c(C)c1. The molecule has 1 aromatic carbocycles. The lowest BCUT2D eigenvalue weighted by molar-refractivity contribution is -0.119. The van der Waals surface area contributed by atoms with Crippen LogP contribution in [0.2, 0.25) is 0 Å². The third-order valence-electron chi connectivity index (χ3n) is 2.35. The molecule has 15 heavy (non-hydrogen) atoms. The molecule has 1 rings (SSSR count). The Labute approximate surface area is 90.1 Å². The number of nitrogens with one attached hydrogen (secondary N) is 1. The van der Waals surface area contributed by atoms with Gasteiger partial charge >= 0.3 is 0 Å². The molecule has 3 N–H and O–H groups in total. The zero-order valence-corrected chi connectivity index (χ0v) is 9.37. The van der Waals surface area contributed by atoms with E-state index >= 15 is 0 Å². The molecule has 0 heterocycles. The molecule has 4 heteroatoms. The molecule has 1 aromatic rings. The van der Waals surface area contributed by atoms with Gasteiger partial charge in [-0.15, -0.1) is 0 Å². The van der Waals surface area contributed by atoms with Crippen LogP contribution in [0.25, 0.3) is 0 Å². The van der Waals surface area contributed by atoms with Crippen molar-refractivity contribution in [3.8, 4) is 0 Å². The van der Waals surface area contributed by atoms with Crippen molar-refractivity contribution in [1.29, 1.82) is 0 Å². The first-order valence-corrected chi connectivity index (χ1v) is 4.82. The van der Waals surface area contributed by atoms with Crippen LogP contribution in [0.1, 0.15) is 5.56 Å². The van der Waals surface area contributed by atoms with E-state index in [9.17, 15) is 4.79 Å². The van der Waals surface area contributed by atoms with Crippen molar-refractivity contribution < 1.29 is 4.79 Å². The van der Waals surface area contributed by atoms with E-state index in [4.69, 9.17) is 5.73 Å². The zero-order valence-electron chi connectivity index (χ0n) is 9.37. The molecular weight excluding hydrogens is 190 g/mol. The number of carbonyl (C=O) groups is 1. The summed E-state index contributed by atoms with van der Waals surface area (Å²) >= 11 is 0. The van der Waals surface area contributed by atoms with Crippen molar-refractivity contribution >= 4 is 17.3 Å². The van der Waals surface area contributed by atoms with Gasteiger partial charge in [-0.05, 0) is 30.7 Å². The number of nitrogens with zero attached hydrogens (tertiary/aromatic N) is 1. The Hall–Kier alpha value is -1.71. The van der Waals surface area contributed by atoms with Crippen LogP contribution in [-0.2, 0) is 4.79 Å². The zero-order chi connectivity index (χ0) is 11.4. The molecule has 0 radical (unpaired) electrons. The fourth-order valence-corrected chi connectivity index (χ4v) is 1.28. The molecule has 0 spiro atoms. The first-order valence-electron chi connectivity index (χ1n) is 4.82. The van der Waals surface area contributed by atoms with Crippen molar-refractivity contribution in [3.05, 3.63) is 23.8 Å². The van der Waals surface area contributed by atoms with Crippen molar-refractivity contribution in [2.45, 2.75) is 6.92 Å². The van der Waals surface area contributed by atoms with Crippen LogP contribution in [0.5, 0.6) is 0 Å². The second-order valence-corrected chi connectivity index (χ2v) is 3.57. The van der Waals surface area contributed by atoms with E-state index in [1.165, 1.54) is 0 Å². The van der Waals surface area contributed by atoms with E-state index in [0.29, 0.717) is 6.54 Å². The third-order valence-corrected chi connectivity index (χ3v) is 2.35. The lowest BCUT2D eigenvalue weighted by atomic mass is 10.2. The Kier molecular flexibility index (Phi) is 3.55. The fraction of sp³-hybridized carbons (Fsp3) is 0.364. The van der Waals surface area contributed by atoms with E-state index in [1.54, 1.807) is 7.05 Å². The van der Waals surface area contributed by atoms with Crippen molar-refractivity contribution in [2.75, 3.05) is 31.3 Å². The van der Waals surface area contributed by atoms with Gasteiger partial charge in [0, 0.05) is 25.5 Å². The van der Waals surface area contributed by atoms with Gasteiger partial charge in [-0.25, -0.2) is 0 Å². The quantitative estimate of drug-likeness (QED) is 0.719. The predicted molar refractivity (Wildman–Crippen MR) is 62.9 cm³/mol. The number of likely N-dealkylation sites (N-methyl/N-ethyl adjacent to an activating group) is 2. The predicted octanol–water partition coefficient (Wildman–Crippen LogP) is 0.759. The van der Waals surface area contributed by atoms with Gasteiger partial charge in [-0.3, -0.25) is 4.79 Å². The lowest BCUT2D eigenvalue weighted by Crippen LogP contribution is -2.32. The van der Waals surface area contributed by atoms with Crippen molar-refractivity contribution in [2.24, 2.45) is 0 Å². The number of rotatable bonds is 3. The molecule has 82 valence electrons. The highest BCUT2D eigenvalue weighted by atomic mass is 16.1. The van der Waals surface area contributed by atoms with Crippen LogP contribution in [0, 0.1) is 6.92 Å². The second-order valence-electron chi connectivity index (χ2n) is 3.57. The number of nitrogens with two attached hydrogens (primary N) is 1. The average Bonchev–Trinajstić information content (AvgIpc) is 2.21. The smallest absolute Gasteiger partial charge is 0.239 e. The molecule has 0 unspecified atom stereocenters. The van der Waals surface area contributed by atoms with Gasteiger partial charge in [0.1, 0.15) is 0 Å². The molecular formula is C11H17N3O. The maximum atomic E-state index is 11.2. The highest BCUT2D eigenvalue weighted by molar-refractivity contribution is 5.81. The molecule has 0 atom stereocenters. The summed E-state index contributed by atoms with van der Waals surface area (Å²) in [5.41, 5.74) is 8.50. The number of nitrogen functional groups attached to an aromatic ring is 1. The number of benzene rings is 1. The van der Waals surface area contributed by atoms with Crippen LogP contribution in [0.15, 0.2) is 18.2 Å². The molecule has 0 saturated heterocycles. The van der Waals surface area contributed by atoms with Gasteiger partial charge in [0.2, 0.25) is 5.91 Å². The Balaban J connectivity index is 2.78. The maximum absolute atomic E-state index is 11.2. The minimum Gasteiger partial charge on any atom is -0.399 e. The molecule has 1 amide bonds. The number of anilines is 2. The van der Waals surface area contributed by atoms with Crippen LogP contribution in [0.4, 0.5) is 11.4 Å². The normalized spacial score (nSPS) is 9.80. The molecule has 0 aliphatic rings. The molecule has 4 nitrogen and oxygen atoms in total. The van der Waals surface area contributed by atoms with Crippen molar-refractivity contribution in [3.63, 3.8) is 0 Å². The minimum atomic E-state index is -0.00743. The average molecular weight is 207 g/mol. The summed E-state index contributed by atoms with van der Waals surface area (Å²) in [5, 5.41) is 2.59. The molecule has 0 aliphatic heterocycles. The first-order chi connectivity index (χ1) is 7.04. The fourth-order valence-electron chi connectivity index (χ4n) is 1.28. The van der Waals surface area contributed by atoms with Gasteiger partial charge < -0.3 is 16.0 Å². The van der Waals surface area contributed by atoms with E-state index in [-0.39, 0.29) is 5.91 Å². The number of hydrogen-bond donors (Lipinski definition) is 2. The van der Waals surface area contributed by atoms with Gasteiger partial charge in [0.05, 0.1) is 6.54 Å². The molecule has 0 bridgehead atoms. The summed E-state index contributed by atoms with van der Waals surface area (Å²) < 4.78 is 0. The van der Waals surface area contributed by atoms with Crippen LogP contribution < -0.4 is 16.0 Å². The lowest BCUT2D eigenvalue weighted by Gasteiger charge is -2.19. The monoisotopic (exact) mass is 207 g/mol. The van der Waals surface area contributed by atoms with Gasteiger partial charge in [-0.2, -0.15) is 0 Å². The number of amides is 1. The standard InChI is InChI=1S/C11H17N3O/c1-8-6-9(4-5-10(8)12)14(3)7-11(15)13-2/h4-6H,7,12H2,1-3H3,(H,13,15). The van der Waals surface area contributed by atoms with Gasteiger partial charge in [0.25, 0.3) is 0 Å². The molecule has 0 saturated carbocycles. The van der Waals surface area contributed by atoms with Crippen LogP contribution >= 0.6 is 0 Å². The summed E-state index contributed by atoms with van der Waals surface area (Å²) in [6, 6.07) is 5.73. The maximum Gasteiger partial charge on any atom is 0.239 e. The summed E-state index contributed by atoms with van der Waals surface area (Å²) in [6.07, 6.45) is 0. The molecule has 0 aromatic heterocycles. The highest BCUT2D eigenvalue weighted by Gasteiger charge is 2.06. The van der Waals surface area contributed by atoms with E-state index in [1.807, 2.05) is 37.1 Å². The van der Waals surface area contributed by atoms with Gasteiger partial charge in [-0.1, -0.05) is 0 Å². The Bertz CT molecular complexity index is 363. The number of aryl methyl sites for hydroxylation is 1. The number of hydrogen-bond acceptors (Lipinski definition) is 3. The Morgan fingerprint density at radius 2 is 2.20 bits per heavy atom. The largest absolute Gasteiger partial charge is 0.399 e. The highest BCUT2D eigenvalue weighted by Crippen LogP contribution is 2.19. The second kappa shape index (κ2) is 4.68. The summed E-state index contributed by atoms with van der Waals surface area (Å²) in [7, 11) is 3.50. The van der Waals surface area contributed by atoms with E-state index in [2.05, 4.69) is 5.32 Å². The minimum absolute atomic E-state index is 0.00743. The molecule has 0 fully saturated rings. The van der Waals surface area contributed by atoms with Crippen LogP contribution in [0.3, 0.4) is 0 Å². The topological polar surface area (TPSA) is 58.4 Å². The van der Waals surface area contributed by atoms with Crippen LogP contribution in [-0.4, -0.2) is 26.5 Å². The van der Waals surface area contributed by atoms with Gasteiger partial charge in [0.15, 0.2) is 0 Å². The van der Waals surface area contributed by atoms with Crippen molar-refractivity contribution in [1.82, 2.24) is 5.32 Å². The van der Waals surface area contributed by atoms with E-state index in [0.717, 1.165) is 16.9 Å². The number of carbonyl (C=O) groups excluding carboxylic acids is 1. The molecule has 0 aliphatic carbocycles.